The molecule has 0 aliphatic rings. The van der Waals surface area contributed by atoms with Crippen LogP contribution in [0.2, 0.25) is 5.02 Å². The number of benzene rings is 2. The molecular weight excluding hydrogens is 293 g/mol. The lowest BCUT2D eigenvalue weighted by Crippen LogP contribution is -2.13. The topological polar surface area (TPSA) is 54.9 Å². The summed E-state index contributed by atoms with van der Waals surface area (Å²) < 4.78 is 13.7. The average Bonchev–Trinajstić information content (AvgIpc) is 2.49. The van der Waals surface area contributed by atoms with E-state index < -0.39 is 11.7 Å². The number of rotatable bonds is 2. The highest BCUT2D eigenvalue weighted by molar-refractivity contribution is 6.30. The lowest BCUT2D eigenvalue weighted by Gasteiger charge is -2.07. The molecule has 1 heterocycles. The van der Waals surface area contributed by atoms with Crippen molar-refractivity contribution in [1.82, 2.24) is 9.97 Å². The van der Waals surface area contributed by atoms with Crippen molar-refractivity contribution in [2.24, 2.45) is 0 Å². The fraction of sp³-hybridized carbons (Fsp3) is 0. The summed E-state index contributed by atoms with van der Waals surface area (Å²) in [5.74, 6) is -1.01. The second-order valence-electron chi connectivity index (χ2n) is 4.34. The molecule has 1 amide bonds. The molecule has 21 heavy (non-hydrogen) atoms. The summed E-state index contributed by atoms with van der Waals surface area (Å²) in [4.78, 5) is 20.4. The highest BCUT2D eigenvalue weighted by atomic mass is 35.5. The first-order valence-electron chi connectivity index (χ1n) is 6.11. The molecule has 2 aromatic carbocycles. The van der Waals surface area contributed by atoms with Crippen LogP contribution in [0.4, 0.5) is 10.1 Å². The van der Waals surface area contributed by atoms with Crippen molar-refractivity contribution in [3.05, 3.63) is 65.2 Å². The first kappa shape index (κ1) is 13.5. The molecule has 0 saturated carbocycles. The van der Waals surface area contributed by atoms with Crippen LogP contribution in [-0.4, -0.2) is 15.9 Å². The van der Waals surface area contributed by atoms with Gasteiger partial charge < -0.3 is 5.32 Å². The monoisotopic (exact) mass is 301 g/mol. The van der Waals surface area contributed by atoms with E-state index in [1.54, 1.807) is 30.6 Å². The fourth-order valence-corrected chi connectivity index (χ4v) is 2.05. The third-order valence-electron chi connectivity index (χ3n) is 2.91. The first-order chi connectivity index (χ1) is 10.1. The van der Waals surface area contributed by atoms with Gasteiger partial charge in [0, 0.05) is 23.0 Å². The van der Waals surface area contributed by atoms with E-state index in [0.29, 0.717) is 16.6 Å². The first-order valence-corrected chi connectivity index (χ1v) is 6.48. The largest absolute Gasteiger partial charge is 0.319 e. The Morgan fingerprint density at radius 1 is 1.05 bits per heavy atom. The van der Waals surface area contributed by atoms with Crippen LogP contribution >= 0.6 is 11.6 Å². The minimum atomic E-state index is -0.587. The zero-order valence-electron chi connectivity index (χ0n) is 10.7. The highest BCUT2D eigenvalue weighted by Crippen LogP contribution is 2.20. The highest BCUT2D eigenvalue weighted by Gasteiger charge is 2.10. The average molecular weight is 302 g/mol. The van der Waals surface area contributed by atoms with E-state index >= 15 is 0 Å². The van der Waals surface area contributed by atoms with Crippen LogP contribution in [0, 0.1) is 5.82 Å². The molecule has 4 nitrogen and oxygen atoms in total. The molecule has 1 aromatic heterocycles. The Bertz CT molecular complexity index is 838. The number of nitrogens with one attached hydrogen (secondary N) is 1. The molecule has 0 aliphatic carbocycles. The van der Waals surface area contributed by atoms with Gasteiger partial charge in [0.1, 0.15) is 5.82 Å². The van der Waals surface area contributed by atoms with Crippen molar-refractivity contribution in [1.29, 1.82) is 0 Å². The molecule has 3 rings (SSSR count). The molecule has 0 atom stereocenters. The summed E-state index contributed by atoms with van der Waals surface area (Å²) >= 11 is 5.67. The standard InChI is InChI=1S/C15H9ClFN3O/c16-10-2-4-12(11(17)8-10)20-15(21)9-1-3-13-14(7-9)19-6-5-18-13/h1-8H,(H,20,21). The van der Waals surface area contributed by atoms with Crippen LogP contribution in [0.1, 0.15) is 10.4 Å². The molecule has 0 aliphatic heterocycles. The van der Waals surface area contributed by atoms with Crippen molar-refractivity contribution >= 4 is 34.2 Å². The molecule has 6 heteroatoms. The summed E-state index contributed by atoms with van der Waals surface area (Å²) in [5, 5.41) is 2.77. The number of anilines is 1. The zero-order valence-corrected chi connectivity index (χ0v) is 11.4. The van der Waals surface area contributed by atoms with Crippen LogP contribution in [0.3, 0.4) is 0 Å². The smallest absolute Gasteiger partial charge is 0.255 e. The molecule has 3 aromatic rings. The summed E-state index contributed by atoms with van der Waals surface area (Å²) in [7, 11) is 0. The van der Waals surface area contributed by atoms with Crippen LogP contribution in [-0.2, 0) is 0 Å². The van der Waals surface area contributed by atoms with Crippen molar-refractivity contribution in [3.63, 3.8) is 0 Å². The third kappa shape index (κ3) is 2.83. The van der Waals surface area contributed by atoms with Gasteiger partial charge in [-0.3, -0.25) is 14.8 Å². The number of hydrogen-bond acceptors (Lipinski definition) is 3. The summed E-state index contributed by atoms with van der Waals surface area (Å²) in [5.41, 5.74) is 1.73. The number of carbonyl (C=O) groups is 1. The zero-order chi connectivity index (χ0) is 14.8. The molecule has 0 saturated heterocycles. The van der Waals surface area contributed by atoms with Gasteiger partial charge in [-0.25, -0.2) is 4.39 Å². The van der Waals surface area contributed by atoms with Crippen LogP contribution in [0.15, 0.2) is 48.8 Å². The Morgan fingerprint density at radius 3 is 2.57 bits per heavy atom. The van der Waals surface area contributed by atoms with E-state index in [1.807, 2.05) is 0 Å². The Labute approximate surface area is 124 Å². The SMILES string of the molecule is O=C(Nc1ccc(Cl)cc1F)c1ccc2nccnc2c1. The van der Waals surface area contributed by atoms with Gasteiger partial charge in [0.15, 0.2) is 0 Å². The number of halogens is 2. The van der Waals surface area contributed by atoms with Gasteiger partial charge in [-0.2, -0.15) is 0 Å². The predicted molar refractivity (Wildman–Crippen MR) is 78.9 cm³/mol. The van der Waals surface area contributed by atoms with Gasteiger partial charge in [0.25, 0.3) is 5.91 Å². The molecule has 0 spiro atoms. The molecule has 0 bridgehead atoms. The summed E-state index contributed by atoms with van der Waals surface area (Å²) in [6, 6.07) is 8.96. The summed E-state index contributed by atoms with van der Waals surface area (Å²) in [6.07, 6.45) is 3.12. The number of fused-ring (bicyclic) bond motifs is 1. The number of aromatic nitrogens is 2. The van der Waals surface area contributed by atoms with Gasteiger partial charge in [0.05, 0.1) is 16.7 Å². The van der Waals surface area contributed by atoms with Crippen molar-refractivity contribution in [2.75, 3.05) is 5.32 Å². The van der Waals surface area contributed by atoms with Gasteiger partial charge in [-0.15, -0.1) is 0 Å². The second-order valence-corrected chi connectivity index (χ2v) is 4.77. The maximum absolute atomic E-state index is 13.7. The lowest BCUT2D eigenvalue weighted by atomic mass is 10.1. The van der Waals surface area contributed by atoms with Crippen LogP contribution < -0.4 is 5.32 Å². The van der Waals surface area contributed by atoms with E-state index in [1.165, 1.54) is 12.1 Å². The van der Waals surface area contributed by atoms with E-state index in [9.17, 15) is 9.18 Å². The van der Waals surface area contributed by atoms with Crippen LogP contribution in [0.5, 0.6) is 0 Å². The number of nitrogens with zero attached hydrogens (tertiary/aromatic N) is 2. The Balaban J connectivity index is 1.89. The quantitative estimate of drug-likeness (QED) is 0.785. The normalized spacial score (nSPS) is 10.6. The van der Waals surface area contributed by atoms with Gasteiger partial charge in [-0.05, 0) is 36.4 Å². The van der Waals surface area contributed by atoms with Crippen molar-refractivity contribution < 1.29 is 9.18 Å². The maximum Gasteiger partial charge on any atom is 0.255 e. The minimum Gasteiger partial charge on any atom is -0.319 e. The number of carbonyl (C=O) groups excluding carboxylic acids is 1. The maximum atomic E-state index is 13.7. The number of hydrogen-bond donors (Lipinski definition) is 1. The van der Waals surface area contributed by atoms with Gasteiger partial charge >= 0.3 is 0 Å². The molecule has 0 radical (unpaired) electrons. The lowest BCUT2D eigenvalue weighted by molar-refractivity contribution is 0.102. The van der Waals surface area contributed by atoms with E-state index in [4.69, 9.17) is 11.6 Å². The molecule has 1 N–H and O–H groups in total. The molecular formula is C15H9ClFN3O. The molecule has 0 fully saturated rings. The van der Waals surface area contributed by atoms with Crippen molar-refractivity contribution in [3.8, 4) is 0 Å². The van der Waals surface area contributed by atoms with E-state index in [-0.39, 0.29) is 10.7 Å². The third-order valence-corrected chi connectivity index (χ3v) is 3.15. The predicted octanol–water partition coefficient (Wildman–Crippen LogP) is 3.67. The Hall–Kier alpha value is -2.53. The van der Waals surface area contributed by atoms with Gasteiger partial charge in [-0.1, -0.05) is 11.6 Å². The molecule has 0 unspecified atom stereocenters. The van der Waals surface area contributed by atoms with Gasteiger partial charge in [0.2, 0.25) is 0 Å². The second kappa shape index (κ2) is 5.46. The van der Waals surface area contributed by atoms with Crippen molar-refractivity contribution in [2.45, 2.75) is 0 Å². The molecule has 104 valence electrons. The van der Waals surface area contributed by atoms with E-state index in [2.05, 4.69) is 15.3 Å². The number of amides is 1. The van der Waals surface area contributed by atoms with Crippen LogP contribution in [0.25, 0.3) is 11.0 Å². The Morgan fingerprint density at radius 2 is 1.81 bits per heavy atom. The Kier molecular flexibility index (Phi) is 3.50. The fourth-order valence-electron chi connectivity index (χ4n) is 1.89. The van der Waals surface area contributed by atoms with E-state index in [0.717, 1.165) is 6.07 Å². The summed E-state index contributed by atoms with van der Waals surface area (Å²) in [6.45, 7) is 0. The minimum absolute atomic E-state index is 0.0728.